The number of likely N-dealkylation sites (N-methyl/N-ethyl adjacent to an activating group) is 1. The van der Waals surface area contributed by atoms with Gasteiger partial charge in [0.05, 0.1) is 16.5 Å². The van der Waals surface area contributed by atoms with Gasteiger partial charge in [-0.15, -0.1) is 5.10 Å². The minimum absolute atomic E-state index is 0.308. The van der Waals surface area contributed by atoms with E-state index in [4.69, 9.17) is 0 Å². The molecule has 2 fully saturated rings. The maximum Gasteiger partial charge on any atom is 0.243 e. The van der Waals surface area contributed by atoms with Gasteiger partial charge in [-0.3, -0.25) is 4.90 Å². The van der Waals surface area contributed by atoms with Gasteiger partial charge in [0.25, 0.3) is 0 Å². The predicted molar refractivity (Wildman–Crippen MR) is 105 cm³/mol. The van der Waals surface area contributed by atoms with E-state index in [1.807, 2.05) is 24.8 Å². The molecule has 9 heteroatoms. The molecule has 0 N–H and O–H groups in total. The van der Waals surface area contributed by atoms with Crippen molar-refractivity contribution < 1.29 is 8.42 Å². The summed E-state index contributed by atoms with van der Waals surface area (Å²) < 4.78 is 30.1. The van der Waals surface area contributed by atoms with Crippen LogP contribution in [0, 0.1) is 0 Å². The van der Waals surface area contributed by atoms with Crippen molar-refractivity contribution in [2.24, 2.45) is 0 Å². The first-order valence-electron chi connectivity index (χ1n) is 9.96. The maximum absolute atomic E-state index is 13.3. The van der Waals surface area contributed by atoms with Crippen LogP contribution in [0.5, 0.6) is 0 Å². The van der Waals surface area contributed by atoms with Crippen molar-refractivity contribution in [2.75, 3.05) is 27.2 Å². The van der Waals surface area contributed by atoms with Crippen LogP contribution in [0.1, 0.15) is 50.4 Å². The highest BCUT2D eigenvalue weighted by molar-refractivity contribution is 7.89. The van der Waals surface area contributed by atoms with Crippen LogP contribution in [0.2, 0.25) is 0 Å². The Balaban J connectivity index is 1.71. The average molecular weight is 405 g/mol. The molecule has 1 aromatic carbocycles. The molecule has 4 rings (SSSR count). The highest BCUT2D eigenvalue weighted by atomic mass is 32.2. The summed E-state index contributed by atoms with van der Waals surface area (Å²) >= 11 is 0. The van der Waals surface area contributed by atoms with E-state index >= 15 is 0 Å². The van der Waals surface area contributed by atoms with Crippen LogP contribution < -0.4 is 0 Å². The topological polar surface area (TPSA) is 84.2 Å². The fraction of sp³-hybridized carbons (Fsp3) is 0.632. The number of piperidine rings is 1. The lowest BCUT2D eigenvalue weighted by Crippen LogP contribution is -2.56. The summed E-state index contributed by atoms with van der Waals surface area (Å²) in [5.74, 6) is 0.789. The summed E-state index contributed by atoms with van der Waals surface area (Å²) in [5, 5.41) is 12.7. The Morgan fingerprint density at radius 1 is 1.11 bits per heavy atom. The molecular formula is C19H28N6O2S. The Kier molecular flexibility index (Phi) is 5.24. The van der Waals surface area contributed by atoms with Crippen molar-refractivity contribution in [1.82, 2.24) is 29.4 Å². The number of sulfonamides is 1. The van der Waals surface area contributed by atoms with Crippen LogP contribution in [0.3, 0.4) is 0 Å². The van der Waals surface area contributed by atoms with Gasteiger partial charge in [0.2, 0.25) is 10.0 Å². The van der Waals surface area contributed by atoms with Crippen molar-refractivity contribution in [3.05, 3.63) is 36.2 Å². The fourth-order valence-electron chi connectivity index (χ4n) is 4.59. The Labute approximate surface area is 166 Å². The number of rotatable bonds is 5. The van der Waals surface area contributed by atoms with E-state index in [9.17, 15) is 8.42 Å². The van der Waals surface area contributed by atoms with Gasteiger partial charge in [0, 0.05) is 13.1 Å². The Morgan fingerprint density at radius 3 is 2.50 bits per heavy atom. The van der Waals surface area contributed by atoms with Crippen molar-refractivity contribution in [3.8, 4) is 0 Å². The molecule has 8 nitrogen and oxygen atoms in total. The molecule has 2 heterocycles. The lowest BCUT2D eigenvalue weighted by Gasteiger charge is -2.45. The summed E-state index contributed by atoms with van der Waals surface area (Å²) in [4.78, 5) is 2.43. The quantitative estimate of drug-likeness (QED) is 0.758. The van der Waals surface area contributed by atoms with Crippen LogP contribution in [-0.2, 0) is 15.6 Å². The molecule has 152 valence electrons. The van der Waals surface area contributed by atoms with Gasteiger partial charge in [0.1, 0.15) is 0 Å². The van der Waals surface area contributed by atoms with Gasteiger partial charge in [0.15, 0.2) is 5.82 Å². The molecule has 1 aliphatic heterocycles. The molecule has 1 aliphatic carbocycles. The van der Waals surface area contributed by atoms with Crippen molar-refractivity contribution in [2.45, 2.75) is 55.0 Å². The van der Waals surface area contributed by atoms with E-state index in [0.29, 0.717) is 24.0 Å². The zero-order valence-electron chi connectivity index (χ0n) is 16.5. The lowest BCUT2D eigenvalue weighted by atomic mass is 9.87. The van der Waals surface area contributed by atoms with Gasteiger partial charge in [-0.25, -0.2) is 13.1 Å². The summed E-state index contributed by atoms with van der Waals surface area (Å²) in [6.07, 6.45) is 6.12. The van der Waals surface area contributed by atoms with Crippen LogP contribution >= 0.6 is 0 Å². The third-order valence-electron chi connectivity index (χ3n) is 6.25. The van der Waals surface area contributed by atoms with Crippen LogP contribution in [-0.4, -0.2) is 65.0 Å². The van der Waals surface area contributed by atoms with Gasteiger partial charge in [-0.1, -0.05) is 31.0 Å². The number of benzene rings is 1. The molecule has 1 unspecified atom stereocenters. The molecule has 0 amide bonds. The number of nitrogens with zero attached hydrogens (tertiary/aromatic N) is 6. The van der Waals surface area contributed by atoms with Gasteiger partial charge in [-0.05, 0) is 62.3 Å². The molecule has 1 atom stereocenters. The standard InChI is InChI=1S/C19H28N6O2S/c1-23(2)19(18-20-21-22-25(18)16-9-6-7-10-16)13-8-14-24(15-19)28(26,27)17-11-4-3-5-12-17/h3-5,11-12,16H,6-10,13-15H2,1-2H3. The smallest absolute Gasteiger partial charge is 0.243 e. The van der Waals surface area contributed by atoms with E-state index in [2.05, 4.69) is 20.4 Å². The monoisotopic (exact) mass is 404 g/mol. The number of aromatic nitrogens is 4. The average Bonchev–Trinajstić information content (AvgIpc) is 3.40. The van der Waals surface area contributed by atoms with Gasteiger partial charge < -0.3 is 0 Å². The summed E-state index contributed by atoms with van der Waals surface area (Å²) in [5.41, 5.74) is -0.536. The van der Waals surface area contributed by atoms with Gasteiger partial charge >= 0.3 is 0 Å². The molecule has 0 spiro atoms. The highest BCUT2D eigenvalue weighted by Gasteiger charge is 2.47. The largest absolute Gasteiger partial charge is 0.296 e. The fourth-order valence-corrected chi connectivity index (χ4v) is 6.14. The van der Waals surface area contributed by atoms with Crippen molar-refractivity contribution >= 4 is 10.0 Å². The summed E-state index contributed by atoms with van der Waals surface area (Å²) in [6, 6.07) is 8.97. The first-order chi connectivity index (χ1) is 13.4. The normalized spacial score (nSPS) is 24.8. The van der Waals surface area contributed by atoms with E-state index in [1.54, 1.807) is 28.6 Å². The molecule has 1 saturated carbocycles. The van der Waals surface area contributed by atoms with Crippen molar-refractivity contribution in [3.63, 3.8) is 0 Å². The minimum Gasteiger partial charge on any atom is -0.296 e. The molecule has 28 heavy (non-hydrogen) atoms. The maximum atomic E-state index is 13.3. The molecule has 2 aliphatic rings. The molecule has 2 aromatic rings. The molecule has 1 saturated heterocycles. The van der Waals surface area contributed by atoms with E-state index in [1.165, 1.54) is 12.8 Å². The number of hydrogen-bond donors (Lipinski definition) is 0. The van der Waals surface area contributed by atoms with Gasteiger partial charge in [-0.2, -0.15) is 4.31 Å². The SMILES string of the molecule is CN(C)C1(c2nnnn2C2CCCC2)CCCN(S(=O)(=O)c2ccccc2)C1. The number of hydrogen-bond acceptors (Lipinski definition) is 6. The first-order valence-corrected chi connectivity index (χ1v) is 11.4. The third kappa shape index (κ3) is 3.25. The second-order valence-corrected chi connectivity index (χ2v) is 10.0. The highest BCUT2D eigenvalue weighted by Crippen LogP contribution is 2.39. The van der Waals surface area contributed by atoms with Crippen LogP contribution in [0.25, 0.3) is 0 Å². The van der Waals surface area contributed by atoms with Crippen LogP contribution in [0.4, 0.5) is 0 Å². The second-order valence-electron chi connectivity index (χ2n) is 8.07. The second kappa shape index (κ2) is 7.53. The van der Waals surface area contributed by atoms with E-state index in [-0.39, 0.29) is 0 Å². The summed E-state index contributed by atoms with van der Waals surface area (Å²) in [6.45, 7) is 0.863. The first kappa shape index (κ1) is 19.5. The predicted octanol–water partition coefficient (Wildman–Crippen LogP) is 2.03. The van der Waals surface area contributed by atoms with Crippen molar-refractivity contribution in [1.29, 1.82) is 0 Å². The third-order valence-corrected chi connectivity index (χ3v) is 8.11. The lowest BCUT2D eigenvalue weighted by molar-refractivity contribution is 0.0622. The zero-order chi connectivity index (χ0) is 19.8. The zero-order valence-corrected chi connectivity index (χ0v) is 17.3. The van der Waals surface area contributed by atoms with Crippen LogP contribution in [0.15, 0.2) is 35.2 Å². The molecule has 1 aromatic heterocycles. The Bertz CT molecular complexity index is 908. The summed E-state index contributed by atoms with van der Waals surface area (Å²) in [7, 11) is 0.424. The molecular weight excluding hydrogens is 376 g/mol. The minimum atomic E-state index is -3.56. The number of tetrazole rings is 1. The van der Waals surface area contributed by atoms with E-state index < -0.39 is 15.6 Å². The van der Waals surface area contributed by atoms with E-state index in [0.717, 1.165) is 31.5 Å². The molecule has 0 radical (unpaired) electrons. The Hall–Kier alpha value is -1.84. The Morgan fingerprint density at radius 2 is 1.82 bits per heavy atom. The molecule has 0 bridgehead atoms.